The zero-order valence-corrected chi connectivity index (χ0v) is 10.2. The van der Waals surface area contributed by atoms with Gasteiger partial charge in [-0.1, -0.05) is 24.3 Å². The molecule has 3 nitrogen and oxygen atoms in total. The van der Waals surface area contributed by atoms with Crippen LogP contribution in [0.1, 0.15) is 24.5 Å². The lowest BCUT2D eigenvalue weighted by Gasteiger charge is -2.26. The second-order valence-electron chi connectivity index (χ2n) is 4.75. The van der Waals surface area contributed by atoms with Crippen LogP contribution in [0, 0.1) is 0 Å². The Morgan fingerprint density at radius 1 is 1.29 bits per heavy atom. The Hall–Kier alpha value is -1.35. The first kappa shape index (κ1) is 12.1. The molecule has 1 aromatic carbocycles. The Morgan fingerprint density at radius 3 is 2.29 bits per heavy atom. The van der Waals surface area contributed by atoms with Gasteiger partial charge in [0.25, 0.3) is 0 Å². The first-order valence-electron chi connectivity index (χ1n) is 6.19. The molecule has 1 aromatic rings. The summed E-state index contributed by atoms with van der Waals surface area (Å²) >= 11 is 0. The number of aliphatic carboxylic acids is 1. The predicted molar refractivity (Wildman–Crippen MR) is 67.1 cm³/mol. The van der Waals surface area contributed by atoms with Gasteiger partial charge in [0.15, 0.2) is 0 Å². The largest absolute Gasteiger partial charge is 0.481 e. The van der Waals surface area contributed by atoms with Crippen molar-refractivity contribution in [2.45, 2.75) is 32.2 Å². The van der Waals surface area contributed by atoms with Crippen molar-refractivity contribution in [3.63, 3.8) is 0 Å². The molecule has 0 bridgehead atoms. The number of fused-ring (bicyclic) bond motifs is 1. The summed E-state index contributed by atoms with van der Waals surface area (Å²) in [5, 5.41) is 8.83. The maximum absolute atomic E-state index is 10.7. The van der Waals surface area contributed by atoms with Crippen molar-refractivity contribution < 1.29 is 9.90 Å². The molecule has 0 spiro atoms. The second kappa shape index (κ2) is 5.32. The minimum absolute atomic E-state index is 0.127. The normalized spacial score (nSPS) is 18.2. The van der Waals surface area contributed by atoms with E-state index in [4.69, 9.17) is 5.11 Å². The van der Waals surface area contributed by atoms with Gasteiger partial charge in [0.2, 0.25) is 0 Å². The fourth-order valence-corrected chi connectivity index (χ4v) is 2.51. The molecule has 0 aromatic heterocycles. The molecule has 1 unspecified atom stereocenters. The third-order valence-electron chi connectivity index (χ3n) is 3.55. The van der Waals surface area contributed by atoms with Crippen LogP contribution in [-0.4, -0.2) is 35.1 Å². The molecule has 0 saturated heterocycles. The maximum atomic E-state index is 10.7. The van der Waals surface area contributed by atoms with Gasteiger partial charge in [-0.15, -0.1) is 0 Å². The molecule has 1 aliphatic rings. The molecule has 0 aliphatic carbocycles. The summed E-state index contributed by atoms with van der Waals surface area (Å²) in [6.07, 6.45) is 2.29. The molecule has 17 heavy (non-hydrogen) atoms. The number of carboxylic acid groups (broad SMARTS) is 1. The van der Waals surface area contributed by atoms with E-state index in [1.165, 1.54) is 11.1 Å². The lowest BCUT2D eigenvalue weighted by atomic mass is 10.0. The second-order valence-corrected chi connectivity index (χ2v) is 4.75. The van der Waals surface area contributed by atoms with Crippen molar-refractivity contribution in [1.29, 1.82) is 0 Å². The van der Waals surface area contributed by atoms with Crippen LogP contribution in [-0.2, 0) is 17.6 Å². The van der Waals surface area contributed by atoms with Gasteiger partial charge in [0.05, 0.1) is 6.42 Å². The van der Waals surface area contributed by atoms with Crippen molar-refractivity contribution in [3.8, 4) is 0 Å². The van der Waals surface area contributed by atoms with Crippen LogP contribution in [0.4, 0.5) is 0 Å². The highest BCUT2D eigenvalue weighted by Crippen LogP contribution is 2.17. The zero-order valence-electron chi connectivity index (χ0n) is 10.2. The first-order chi connectivity index (χ1) is 8.16. The SMILES string of the molecule is CC(CC(=O)O)N1CCc2ccccc2CC1. The number of nitrogens with zero attached hydrogens (tertiary/aromatic N) is 1. The topological polar surface area (TPSA) is 40.5 Å². The van der Waals surface area contributed by atoms with Gasteiger partial charge in [-0.05, 0) is 30.9 Å². The number of benzene rings is 1. The molecule has 1 aliphatic heterocycles. The van der Waals surface area contributed by atoms with Gasteiger partial charge in [0.1, 0.15) is 0 Å². The van der Waals surface area contributed by atoms with E-state index in [9.17, 15) is 4.79 Å². The monoisotopic (exact) mass is 233 g/mol. The van der Waals surface area contributed by atoms with Crippen molar-refractivity contribution in [2.75, 3.05) is 13.1 Å². The summed E-state index contributed by atoms with van der Waals surface area (Å²) in [5.41, 5.74) is 2.83. The third kappa shape index (κ3) is 3.07. The quantitative estimate of drug-likeness (QED) is 0.867. The van der Waals surface area contributed by atoms with Gasteiger partial charge >= 0.3 is 5.97 Å². The molecule has 3 heteroatoms. The molecule has 0 radical (unpaired) electrons. The van der Waals surface area contributed by atoms with Crippen LogP contribution >= 0.6 is 0 Å². The summed E-state index contributed by atoms with van der Waals surface area (Å²) in [7, 11) is 0. The van der Waals surface area contributed by atoms with Crippen LogP contribution in [0.3, 0.4) is 0 Å². The molecular weight excluding hydrogens is 214 g/mol. The predicted octanol–water partition coefficient (Wildman–Crippen LogP) is 1.95. The minimum Gasteiger partial charge on any atom is -0.481 e. The Kier molecular flexibility index (Phi) is 3.79. The summed E-state index contributed by atoms with van der Waals surface area (Å²) in [6, 6.07) is 8.65. The standard InChI is InChI=1S/C14H19NO2/c1-11(10-14(16)17)15-8-6-12-4-2-3-5-13(12)7-9-15/h2-5,11H,6-10H2,1H3,(H,16,17). The number of carbonyl (C=O) groups is 1. The minimum atomic E-state index is -0.709. The van der Waals surface area contributed by atoms with Crippen LogP contribution < -0.4 is 0 Å². The zero-order chi connectivity index (χ0) is 12.3. The smallest absolute Gasteiger partial charge is 0.304 e. The van der Waals surface area contributed by atoms with E-state index >= 15 is 0 Å². The van der Waals surface area contributed by atoms with E-state index in [0.29, 0.717) is 0 Å². The highest BCUT2D eigenvalue weighted by Gasteiger charge is 2.19. The van der Waals surface area contributed by atoms with Gasteiger partial charge in [-0.2, -0.15) is 0 Å². The van der Waals surface area contributed by atoms with E-state index in [0.717, 1.165) is 25.9 Å². The Bertz CT molecular complexity index is 376. The summed E-state index contributed by atoms with van der Waals surface area (Å²) in [5.74, 6) is -0.709. The van der Waals surface area contributed by atoms with Gasteiger partial charge in [-0.3, -0.25) is 9.69 Å². The molecule has 92 valence electrons. The van der Waals surface area contributed by atoms with Crippen molar-refractivity contribution in [2.24, 2.45) is 0 Å². The molecular formula is C14H19NO2. The molecule has 0 saturated carbocycles. The first-order valence-corrected chi connectivity index (χ1v) is 6.19. The summed E-state index contributed by atoms with van der Waals surface area (Å²) < 4.78 is 0. The van der Waals surface area contributed by atoms with Crippen LogP contribution in [0.15, 0.2) is 24.3 Å². The average molecular weight is 233 g/mol. The average Bonchev–Trinajstić information content (AvgIpc) is 2.50. The molecule has 1 N–H and O–H groups in total. The van der Waals surface area contributed by atoms with Crippen LogP contribution in [0.5, 0.6) is 0 Å². The third-order valence-corrected chi connectivity index (χ3v) is 3.55. The Labute approximate surface area is 102 Å². The van der Waals surface area contributed by atoms with E-state index in [-0.39, 0.29) is 12.5 Å². The van der Waals surface area contributed by atoms with Gasteiger partial charge in [0, 0.05) is 19.1 Å². The molecule has 1 heterocycles. The van der Waals surface area contributed by atoms with Gasteiger partial charge in [-0.25, -0.2) is 0 Å². The number of rotatable bonds is 3. The summed E-state index contributed by atoms with van der Waals surface area (Å²) in [6.45, 7) is 3.93. The fourth-order valence-electron chi connectivity index (χ4n) is 2.51. The molecule has 0 fully saturated rings. The van der Waals surface area contributed by atoms with E-state index in [2.05, 4.69) is 29.2 Å². The molecule has 2 rings (SSSR count). The molecule has 0 amide bonds. The van der Waals surface area contributed by atoms with Crippen molar-refractivity contribution in [1.82, 2.24) is 4.90 Å². The highest BCUT2D eigenvalue weighted by molar-refractivity contribution is 5.67. The van der Waals surface area contributed by atoms with Crippen molar-refractivity contribution in [3.05, 3.63) is 35.4 Å². The number of hydrogen-bond acceptors (Lipinski definition) is 2. The lowest BCUT2D eigenvalue weighted by Crippen LogP contribution is -2.36. The Morgan fingerprint density at radius 2 is 1.82 bits per heavy atom. The lowest BCUT2D eigenvalue weighted by molar-refractivity contribution is -0.138. The Balaban J connectivity index is 2.01. The van der Waals surface area contributed by atoms with Gasteiger partial charge < -0.3 is 5.11 Å². The van der Waals surface area contributed by atoms with E-state index in [1.807, 2.05) is 6.92 Å². The highest BCUT2D eigenvalue weighted by atomic mass is 16.4. The molecule has 1 atom stereocenters. The maximum Gasteiger partial charge on any atom is 0.304 e. The van der Waals surface area contributed by atoms with E-state index in [1.54, 1.807) is 0 Å². The fraction of sp³-hybridized carbons (Fsp3) is 0.500. The van der Waals surface area contributed by atoms with Crippen LogP contribution in [0.2, 0.25) is 0 Å². The summed E-state index contributed by atoms with van der Waals surface area (Å²) in [4.78, 5) is 13.0. The van der Waals surface area contributed by atoms with E-state index < -0.39 is 5.97 Å². The number of carboxylic acids is 1. The van der Waals surface area contributed by atoms with Crippen LogP contribution in [0.25, 0.3) is 0 Å². The van der Waals surface area contributed by atoms with Crippen molar-refractivity contribution >= 4 is 5.97 Å². The number of hydrogen-bond donors (Lipinski definition) is 1.